The standard InChI is InChI=1S/C8H11ClN2OS2/c9-2-1-7-10-8(11-12-7)6-5-13-3-4-14-6/h6H,1-5H2. The molecule has 1 aromatic rings. The van der Waals surface area contributed by atoms with E-state index in [4.69, 9.17) is 16.1 Å². The van der Waals surface area contributed by atoms with Gasteiger partial charge >= 0.3 is 0 Å². The van der Waals surface area contributed by atoms with E-state index >= 15 is 0 Å². The molecule has 0 radical (unpaired) electrons. The molecule has 1 aliphatic rings. The van der Waals surface area contributed by atoms with E-state index in [1.54, 1.807) is 0 Å². The van der Waals surface area contributed by atoms with Crippen LogP contribution in [0.15, 0.2) is 4.52 Å². The van der Waals surface area contributed by atoms with Gasteiger partial charge < -0.3 is 4.52 Å². The molecule has 6 heteroatoms. The second-order valence-electron chi connectivity index (χ2n) is 2.92. The molecule has 0 N–H and O–H groups in total. The fourth-order valence-corrected chi connectivity index (χ4v) is 3.97. The Kier molecular flexibility index (Phi) is 4.01. The highest BCUT2D eigenvalue weighted by molar-refractivity contribution is 8.06. The smallest absolute Gasteiger partial charge is 0.227 e. The van der Waals surface area contributed by atoms with E-state index in [1.165, 1.54) is 11.5 Å². The Morgan fingerprint density at radius 1 is 1.50 bits per heavy atom. The fraction of sp³-hybridized carbons (Fsp3) is 0.750. The molecule has 1 atom stereocenters. The van der Waals surface area contributed by atoms with Crippen LogP contribution in [0.5, 0.6) is 0 Å². The third kappa shape index (κ3) is 2.58. The Morgan fingerprint density at radius 3 is 3.14 bits per heavy atom. The lowest BCUT2D eigenvalue weighted by Crippen LogP contribution is -2.08. The summed E-state index contributed by atoms with van der Waals surface area (Å²) in [4.78, 5) is 4.33. The van der Waals surface area contributed by atoms with Crippen LogP contribution in [0.1, 0.15) is 17.0 Å². The van der Waals surface area contributed by atoms with Gasteiger partial charge in [0.25, 0.3) is 0 Å². The van der Waals surface area contributed by atoms with Crippen molar-refractivity contribution in [2.24, 2.45) is 0 Å². The number of rotatable bonds is 3. The minimum absolute atomic E-state index is 0.404. The molecule has 2 heterocycles. The van der Waals surface area contributed by atoms with Crippen LogP contribution in [-0.2, 0) is 6.42 Å². The summed E-state index contributed by atoms with van der Waals surface area (Å²) in [7, 11) is 0. The lowest BCUT2D eigenvalue weighted by molar-refractivity contribution is 0.377. The summed E-state index contributed by atoms with van der Waals surface area (Å²) >= 11 is 9.45. The second-order valence-corrected chi connectivity index (χ2v) is 5.76. The molecule has 3 nitrogen and oxygen atoms in total. The molecule has 1 fully saturated rings. The molecule has 0 spiro atoms. The largest absolute Gasteiger partial charge is 0.339 e. The Hall–Kier alpha value is 0.130. The fourth-order valence-electron chi connectivity index (χ4n) is 1.22. The van der Waals surface area contributed by atoms with Crippen LogP contribution in [0.4, 0.5) is 0 Å². The Morgan fingerprint density at radius 2 is 2.43 bits per heavy atom. The van der Waals surface area contributed by atoms with Crippen LogP contribution in [0.25, 0.3) is 0 Å². The minimum Gasteiger partial charge on any atom is -0.339 e. The predicted molar refractivity (Wildman–Crippen MR) is 61.2 cm³/mol. The van der Waals surface area contributed by atoms with E-state index in [9.17, 15) is 0 Å². The lowest BCUT2D eigenvalue weighted by atomic mass is 10.4. The first kappa shape index (κ1) is 10.6. The summed E-state index contributed by atoms with van der Waals surface area (Å²) in [6.45, 7) is 0. The van der Waals surface area contributed by atoms with E-state index in [2.05, 4.69) is 10.1 Å². The van der Waals surface area contributed by atoms with E-state index in [0.717, 1.165) is 11.6 Å². The average molecular weight is 251 g/mol. The van der Waals surface area contributed by atoms with Crippen LogP contribution >= 0.6 is 35.1 Å². The molecule has 14 heavy (non-hydrogen) atoms. The summed E-state index contributed by atoms with van der Waals surface area (Å²) < 4.78 is 5.09. The normalized spacial score (nSPS) is 22.5. The number of thioether (sulfide) groups is 2. The molecular weight excluding hydrogens is 240 g/mol. The molecule has 1 aromatic heterocycles. The van der Waals surface area contributed by atoms with Gasteiger partial charge in [-0.2, -0.15) is 16.7 Å². The Bertz CT molecular complexity index is 289. The molecule has 1 unspecified atom stereocenters. The maximum atomic E-state index is 5.59. The summed E-state index contributed by atoms with van der Waals surface area (Å²) in [5.41, 5.74) is 0. The van der Waals surface area contributed by atoms with Crippen LogP contribution in [-0.4, -0.2) is 33.3 Å². The van der Waals surface area contributed by atoms with Gasteiger partial charge in [0.05, 0.1) is 5.25 Å². The number of halogens is 1. The second kappa shape index (κ2) is 5.28. The summed E-state index contributed by atoms with van der Waals surface area (Å²) in [6.07, 6.45) is 0.666. The van der Waals surface area contributed by atoms with E-state index in [-0.39, 0.29) is 0 Å². The highest BCUT2D eigenvalue weighted by Gasteiger charge is 2.21. The zero-order valence-electron chi connectivity index (χ0n) is 7.61. The molecule has 2 rings (SSSR count). The number of hydrogen-bond acceptors (Lipinski definition) is 5. The summed E-state index contributed by atoms with van der Waals surface area (Å²) in [6, 6.07) is 0. The highest BCUT2D eigenvalue weighted by atomic mass is 35.5. The number of alkyl halides is 1. The van der Waals surface area contributed by atoms with Gasteiger partial charge in [-0.25, -0.2) is 0 Å². The van der Waals surface area contributed by atoms with Crippen molar-refractivity contribution in [1.82, 2.24) is 10.1 Å². The van der Waals surface area contributed by atoms with Crippen molar-refractivity contribution in [1.29, 1.82) is 0 Å². The van der Waals surface area contributed by atoms with Gasteiger partial charge in [-0.05, 0) is 0 Å². The van der Waals surface area contributed by atoms with Gasteiger partial charge in [0.2, 0.25) is 5.89 Å². The Balaban J connectivity index is 2.00. The molecule has 0 amide bonds. The molecule has 78 valence electrons. The zero-order valence-corrected chi connectivity index (χ0v) is 10.00. The third-order valence-corrected chi connectivity index (χ3v) is 4.84. The number of hydrogen-bond donors (Lipinski definition) is 0. The van der Waals surface area contributed by atoms with E-state index in [0.29, 0.717) is 23.4 Å². The molecule has 0 bridgehead atoms. The Labute approximate surface area is 96.3 Å². The average Bonchev–Trinajstić information content (AvgIpc) is 2.68. The van der Waals surface area contributed by atoms with Crippen LogP contribution < -0.4 is 0 Å². The molecular formula is C8H11ClN2OS2. The van der Waals surface area contributed by atoms with Crippen molar-refractivity contribution < 1.29 is 4.52 Å². The van der Waals surface area contributed by atoms with Crippen molar-refractivity contribution >= 4 is 35.1 Å². The molecule has 1 saturated heterocycles. The molecule has 0 saturated carbocycles. The SMILES string of the molecule is ClCCc1nc(C2CSCCS2)no1. The van der Waals surface area contributed by atoms with Crippen molar-refractivity contribution in [3.8, 4) is 0 Å². The maximum Gasteiger partial charge on any atom is 0.227 e. The molecule has 0 aromatic carbocycles. The first-order valence-electron chi connectivity index (χ1n) is 4.48. The maximum absolute atomic E-state index is 5.59. The number of aromatic nitrogens is 2. The van der Waals surface area contributed by atoms with Crippen molar-refractivity contribution in [3.05, 3.63) is 11.7 Å². The van der Waals surface area contributed by atoms with Crippen molar-refractivity contribution in [2.75, 3.05) is 23.1 Å². The van der Waals surface area contributed by atoms with Crippen molar-refractivity contribution in [3.63, 3.8) is 0 Å². The van der Waals surface area contributed by atoms with Gasteiger partial charge in [-0.15, -0.1) is 23.4 Å². The summed E-state index contributed by atoms with van der Waals surface area (Å²) in [5.74, 6) is 5.52. The van der Waals surface area contributed by atoms with E-state index < -0.39 is 0 Å². The van der Waals surface area contributed by atoms with Gasteiger partial charge in [0.1, 0.15) is 0 Å². The number of aryl methyl sites for hydroxylation is 1. The lowest BCUT2D eigenvalue weighted by Gasteiger charge is -2.16. The summed E-state index contributed by atoms with van der Waals surface area (Å²) in [5, 5.41) is 4.38. The first-order valence-corrected chi connectivity index (χ1v) is 7.21. The van der Waals surface area contributed by atoms with Gasteiger partial charge in [0.15, 0.2) is 5.82 Å². The van der Waals surface area contributed by atoms with Gasteiger partial charge in [-0.3, -0.25) is 0 Å². The molecule has 0 aliphatic carbocycles. The monoisotopic (exact) mass is 250 g/mol. The van der Waals surface area contributed by atoms with Crippen LogP contribution in [0.2, 0.25) is 0 Å². The highest BCUT2D eigenvalue weighted by Crippen LogP contribution is 2.35. The molecule has 1 aliphatic heterocycles. The predicted octanol–water partition coefficient (Wildman–Crippen LogP) is 2.37. The van der Waals surface area contributed by atoms with Gasteiger partial charge in [-0.1, -0.05) is 5.16 Å². The quantitative estimate of drug-likeness (QED) is 0.771. The number of nitrogens with zero attached hydrogens (tertiary/aromatic N) is 2. The topological polar surface area (TPSA) is 38.9 Å². The van der Waals surface area contributed by atoms with Crippen molar-refractivity contribution in [2.45, 2.75) is 11.7 Å². The van der Waals surface area contributed by atoms with Crippen LogP contribution in [0, 0.1) is 0 Å². The van der Waals surface area contributed by atoms with Gasteiger partial charge in [0, 0.05) is 29.6 Å². The third-order valence-electron chi connectivity index (χ3n) is 1.90. The van der Waals surface area contributed by atoms with E-state index in [1.807, 2.05) is 23.5 Å². The zero-order chi connectivity index (χ0) is 9.80. The van der Waals surface area contributed by atoms with Crippen LogP contribution in [0.3, 0.4) is 0 Å². The minimum atomic E-state index is 0.404. The first-order chi connectivity index (χ1) is 6.90.